The molecule has 1 heterocycles. The molecule has 0 bridgehead atoms. The molecule has 166 valence electrons. The third kappa shape index (κ3) is 5.91. The van der Waals surface area contributed by atoms with Crippen LogP contribution in [0.1, 0.15) is 22.5 Å². The van der Waals surface area contributed by atoms with Crippen molar-refractivity contribution >= 4 is 52.8 Å². The molecule has 1 aromatic heterocycles. The molecule has 0 aliphatic heterocycles. The number of carbonyl (C=O) groups excluding carboxylic acids is 1. The van der Waals surface area contributed by atoms with Gasteiger partial charge in [-0.25, -0.2) is 5.43 Å². The number of aromatic nitrogens is 1. The smallest absolute Gasteiger partial charge is 0.269 e. The van der Waals surface area contributed by atoms with Crippen LogP contribution in [-0.4, -0.2) is 27.4 Å². The SMILES string of the molecule is Cc1cc(/C=N\NC(=O)CSCc2ccc([N+](=O)[O-])cc2)c(C)n1-c1ccc(Cl)c(Cl)c1. The largest absolute Gasteiger partial charge is 0.318 e. The zero-order valence-electron chi connectivity index (χ0n) is 17.3. The molecule has 0 saturated carbocycles. The first-order valence-electron chi connectivity index (χ1n) is 9.53. The Bertz CT molecular complexity index is 1180. The Balaban J connectivity index is 1.54. The van der Waals surface area contributed by atoms with Crippen LogP contribution in [0.5, 0.6) is 0 Å². The minimum Gasteiger partial charge on any atom is -0.318 e. The summed E-state index contributed by atoms with van der Waals surface area (Å²) in [5.74, 6) is 0.558. The number of hydrazone groups is 1. The summed E-state index contributed by atoms with van der Waals surface area (Å²) in [4.78, 5) is 22.3. The van der Waals surface area contributed by atoms with E-state index in [1.54, 1.807) is 30.5 Å². The second-order valence-electron chi connectivity index (χ2n) is 6.97. The Morgan fingerprint density at radius 2 is 1.88 bits per heavy atom. The Hall–Kier alpha value is -2.81. The predicted octanol–water partition coefficient (Wildman–Crippen LogP) is 5.69. The van der Waals surface area contributed by atoms with Crippen LogP contribution in [-0.2, 0) is 10.5 Å². The lowest BCUT2D eigenvalue weighted by Crippen LogP contribution is -2.19. The maximum Gasteiger partial charge on any atom is 0.269 e. The van der Waals surface area contributed by atoms with Gasteiger partial charge >= 0.3 is 0 Å². The zero-order chi connectivity index (χ0) is 23.3. The van der Waals surface area contributed by atoms with E-state index in [1.807, 2.05) is 30.5 Å². The van der Waals surface area contributed by atoms with Gasteiger partial charge in [0.2, 0.25) is 5.91 Å². The zero-order valence-corrected chi connectivity index (χ0v) is 19.7. The van der Waals surface area contributed by atoms with Crippen LogP contribution >= 0.6 is 35.0 Å². The molecule has 32 heavy (non-hydrogen) atoms. The highest BCUT2D eigenvalue weighted by Gasteiger charge is 2.11. The topological polar surface area (TPSA) is 89.5 Å². The number of halogens is 2. The van der Waals surface area contributed by atoms with Gasteiger partial charge in [0, 0.05) is 40.5 Å². The van der Waals surface area contributed by atoms with Crippen LogP contribution in [0.4, 0.5) is 5.69 Å². The lowest BCUT2D eigenvalue weighted by Gasteiger charge is -2.10. The first-order chi connectivity index (χ1) is 15.3. The molecular formula is C22H20Cl2N4O3S. The molecule has 0 atom stereocenters. The molecule has 1 amide bonds. The third-order valence-electron chi connectivity index (χ3n) is 4.67. The van der Waals surface area contributed by atoms with Gasteiger partial charge in [-0.05, 0) is 43.7 Å². The van der Waals surface area contributed by atoms with Crippen LogP contribution in [0.3, 0.4) is 0 Å². The van der Waals surface area contributed by atoms with E-state index < -0.39 is 4.92 Å². The fourth-order valence-corrected chi connectivity index (χ4v) is 4.19. The van der Waals surface area contributed by atoms with Gasteiger partial charge < -0.3 is 4.57 Å². The van der Waals surface area contributed by atoms with Crippen molar-refractivity contribution in [3.63, 3.8) is 0 Å². The number of nitrogens with one attached hydrogen (secondary N) is 1. The molecular weight excluding hydrogens is 471 g/mol. The molecule has 0 radical (unpaired) electrons. The summed E-state index contributed by atoms with van der Waals surface area (Å²) in [6.45, 7) is 3.93. The number of nitrogens with zero attached hydrogens (tertiary/aromatic N) is 3. The number of amides is 1. The molecule has 0 aliphatic carbocycles. The first kappa shape index (κ1) is 23.8. The Morgan fingerprint density at radius 3 is 2.53 bits per heavy atom. The molecule has 0 unspecified atom stereocenters. The number of hydrogen-bond donors (Lipinski definition) is 1. The molecule has 0 spiro atoms. The molecule has 1 N–H and O–H groups in total. The fourth-order valence-electron chi connectivity index (χ4n) is 3.12. The number of aryl methyl sites for hydroxylation is 1. The summed E-state index contributed by atoms with van der Waals surface area (Å²) < 4.78 is 2.03. The molecule has 0 aliphatic rings. The van der Waals surface area contributed by atoms with Gasteiger partial charge in [-0.15, -0.1) is 11.8 Å². The minimum absolute atomic E-state index is 0.0457. The predicted molar refractivity (Wildman–Crippen MR) is 130 cm³/mol. The van der Waals surface area contributed by atoms with E-state index in [1.165, 1.54) is 23.9 Å². The van der Waals surface area contributed by atoms with E-state index in [2.05, 4.69) is 10.5 Å². The normalized spacial score (nSPS) is 11.1. The Morgan fingerprint density at radius 1 is 1.16 bits per heavy atom. The molecule has 2 aromatic carbocycles. The second kappa shape index (κ2) is 10.7. The van der Waals surface area contributed by atoms with E-state index >= 15 is 0 Å². The highest BCUT2D eigenvalue weighted by atomic mass is 35.5. The Kier molecular flexibility index (Phi) is 7.95. The van der Waals surface area contributed by atoms with Gasteiger partial charge in [-0.1, -0.05) is 35.3 Å². The summed E-state index contributed by atoms with van der Waals surface area (Å²) in [6.07, 6.45) is 1.61. The number of thioether (sulfide) groups is 1. The summed E-state index contributed by atoms with van der Waals surface area (Å²) in [5.41, 5.74) is 7.18. The summed E-state index contributed by atoms with van der Waals surface area (Å²) in [6, 6.07) is 13.7. The van der Waals surface area contributed by atoms with E-state index in [0.29, 0.717) is 15.8 Å². The summed E-state index contributed by atoms with van der Waals surface area (Å²) in [7, 11) is 0. The fraction of sp³-hybridized carbons (Fsp3) is 0.182. The molecule has 0 saturated heterocycles. The van der Waals surface area contributed by atoms with E-state index in [-0.39, 0.29) is 17.3 Å². The molecule has 3 rings (SSSR count). The van der Waals surface area contributed by atoms with Crippen LogP contribution < -0.4 is 5.43 Å². The number of non-ortho nitro benzene ring substituents is 1. The number of nitro benzene ring substituents is 1. The van der Waals surface area contributed by atoms with E-state index in [0.717, 1.165) is 28.2 Å². The monoisotopic (exact) mass is 490 g/mol. The third-order valence-corrected chi connectivity index (χ3v) is 6.42. The van der Waals surface area contributed by atoms with Crippen molar-refractivity contribution in [2.24, 2.45) is 5.10 Å². The number of nitro groups is 1. The van der Waals surface area contributed by atoms with Gasteiger partial charge in [0.1, 0.15) is 0 Å². The van der Waals surface area contributed by atoms with Crippen LogP contribution in [0.15, 0.2) is 53.6 Å². The standard InChI is InChI=1S/C22H20Cl2N4O3S/c1-14-9-17(15(2)27(14)19-7-8-20(23)21(24)10-19)11-25-26-22(29)13-32-12-16-3-5-18(6-4-16)28(30)31/h3-11H,12-13H2,1-2H3,(H,26,29)/b25-11-. The average Bonchev–Trinajstić information content (AvgIpc) is 3.03. The number of hydrogen-bond acceptors (Lipinski definition) is 5. The lowest BCUT2D eigenvalue weighted by atomic mass is 10.2. The van der Waals surface area contributed by atoms with Crippen molar-refractivity contribution in [2.45, 2.75) is 19.6 Å². The van der Waals surface area contributed by atoms with E-state index in [9.17, 15) is 14.9 Å². The maximum absolute atomic E-state index is 12.0. The first-order valence-corrected chi connectivity index (χ1v) is 11.4. The Labute approximate surface area is 199 Å². The highest BCUT2D eigenvalue weighted by Crippen LogP contribution is 2.27. The molecule has 3 aromatic rings. The van der Waals surface area contributed by atoms with Crippen molar-refractivity contribution in [1.29, 1.82) is 0 Å². The molecule has 0 fully saturated rings. The van der Waals surface area contributed by atoms with Crippen molar-refractivity contribution in [3.05, 3.63) is 91.2 Å². The van der Waals surface area contributed by atoms with Crippen molar-refractivity contribution in [2.75, 3.05) is 5.75 Å². The highest BCUT2D eigenvalue weighted by molar-refractivity contribution is 7.99. The van der Waals surface area contributed by atoms with E-state index in [4.69, 9.17) is 23.2 Å². The maximum atomic E-state index is 12.0. The molecule has 7 nitrogen and oxygen atoms in total. The van der Waals surface area contributed by atoms with Gasteiger partial charge in [-0.3, -0.25) is 14.9 Å². The quantitative estimate of drug-likeness (QED) is 0.249. The van der Waals surface area contributed by atoms with Gasteiger partial charge in [0.15, 0.2) is 0 Å². The lowest BCUT2D eigenvalue weighted by molar-refractivity contribution is -0.384. The van der Waals surface area contributed by atoms with Crippen molar-refractivity contribution < 1.29 is 9.72 Å². The second-order valence-corrected chi connectivity index (χ2v) is 8.77. The average molecular weight is 491 g/mol. The van der Waals surface area contributed by atoms with Crippen LogP contribution in [0.2, 0.25) is 10.0 Å². The van der Waals surface area contributed by atoms with Crippen molar-refractivity contribution in [1.82, 2.24) is 9.99 Å². The van der Waals surface area contributed by atoms with Gasteiger partial charge in [0.25, 0.3) is 5.69 Å². The van der Waals surface area contributed by atoms with Gasteiger partial charge in [-0.2, -0.15) is 5.10 Å². The number of rotatable bonds is 8. The van der Waals surface area contributed by atoms with Crippen molar-refractivity contribution in [3.8, 4) is 5.69 Å². The van der Waals surface area contributed by atoms with Gasteiger partial charge in [0.05, 0.1) is 26.9 Å². The van der Waals surface area contributed by atoms with Crippen LogP contribution in [0, 0.1) is 24.0 Å². The number of benzene rings is 2. The van der Waals surface area contributed by atoms with Crippen LogP contribution in [0.25, 0.3) is 5.69 Å². The minimum atomic E-state index is -0.440. The summed E-state index contributed by atoms with van der Waals surface area (Å²) >= 11 is 13.6. The molecule has 10 heteroatoms. The summed E-state index contributed by atoms with van der Waals surface area (Å²) in [5, 5.41) is 15.7. The number of carbonyl (C=O) groups is 1.